The van der Waals surface area contributed by atoms with E-state index >= 15 is 0 Å². The Morgan fingerprint density at radius 1 is 1.25 bits per heavy atom. The molecule has 0 radical (unpaired) electrons. The van der Waals surface area contributed by atoms with Crippen LogP contribution in [0.1, 0.15) is 16.3 Å². The van der Waals surface area contributed by atoms with Gasteiger partial charge in [-0.25, -0.2) is 9.97 Å². The van der Waals surface area contributed by atoms with Gasteiger partial charge in [0.25, 0.3) is 5.91 Å². The van der Waals surface area contributed by atoms with Crippen molar-refractivity contribution in [2.24, 2.45) is 0 Å². The molecule has 5 nitrogen and oxygen atoms in total. The lowest BCUT2D eigenvalue weighted by Gasteiger charge is -2.02. The summed E-state index contributed by atoms with van der Waals surface area (Å²) in [5.74, 6) is 0.440. The zero-order valence-electron chi connectivity index (χ0n) is 10.4. The van der Waals surface area contributed by atoms with Gasteiger partial charge in [-0.15, -0.1) is 0 Å². The van der Waals surface area contributed by atoms with Crippen LogP contribution in [0.5, 0.6) is 0 Å². The van der Waals surface area contributed by atoms with Crippen molar-refractivity contribution in [3.05, 3.63) is 59.1 Å². The lowest BCUT2D eigenvalue weighted by molar-refractivity contribution is 0.0945. The van der Waals surface area contributed by atoms with Gasteiger partial charge in [0, 0.05) is 6.20 Å². The summed E-state index contributed by atoms with van der Waals surface area (Å²) in [4.78, 5) is 23.4. The Labute approximate surface area is 120 Å². The molecule has 0 unspecified atom stereocenters. The van der Waals surface area contributed by atoms with Crippen LogP contribution in [0.4, 0.5) is 0 Å². The summed E-state index contributed by atoms with van der Waals surface area (Å²) in [5.41, 5.74) is 2.15. The number of rotatable bonds is 3. The van der Waals surface area contributed by atoms with Crippen molar-refractivity contribution in [3.63, 3.8) is 0 Å². The molecule has 6 heteroatoms. The highest BCUT2D eigenvalue weighted by Crippen LogP contribution is 2.10. The van der Waals surface area contributed by atoms with Crippen molar-refractivity contribution in [2.75, 3.05) is 0 Å². The van der Waals surface area contributed by atoms with Crippen LogP contribution < -0.4 is 5.32 Å². The van der Waals surface area contributed by atoms with Gasteiger partial charge in [0.2, 0.25) is 0 Å². The third kappa shape index (κ3) is 2.62. The first-order chi connectivity index (χ1) is 9.72. The van der Waals surface area contributed by atoms with Crippen molar-refractivity contribution < 1.29 is 4.79 Å². The maximum absolute atomic E-state index is 11.9. The first kappa shape index (κ1) is 12.6. The lowest BCUT2D eigenvalue weighted by atomic mass is 10.3. The third-order valence-electron chi connectivity index (χ3n) is 2.81. The average molecular weight is 287 g/mol. The molecule has 0 aliphatic rings. The topological polar surface area (TPSA) is 70.7 Å². The molecular weight excluding hydrogens is 276 g/mol. The fraction of sp³-hybridized carbons (Fsp3) is 0.0714. The maximum Gasteiger partial charge on any atom is 0.270 e. The largest absolute Gasteiger partial charge is 0.343 e. The van der Waals surface area contributed by atoms with E-state index in [-0.39, 0.29) is 5.91 Å². The zero-order chi connectivity index (χ0) is 13.9. The Kier molecular flexibility index (Phi) is 3.35. The number of pyridine rings is 1. The van der Waals surface area contributed by atoms with Crippen LogP contribution in [-0.2, 0) is 6.54 Å². The van der Waals surface area contributed by atoms with Gasteiger partial charge >= 0.3 is 0 Å². The van der Waals surface area contributed by atoms with Crippen LogP contribution >= 0.6 is 11.6 Å². The molecule has 1 amide bonds. The number of para-hydroxylation sites is 2. The molecule has 0 aliphatic heterocycles. The Morgan fingerprint density at radius 2 is 2.10 bits per heavy atom. The Hall–Kier alpha value is -2.40. The Balaban J connectivity index is 1.69. The van der Waals surface area contributed by atoms with E-state index in [1.807, 2.05) is 24.3 Å². The predicted molar refractivity (Wildman–Crippen MR) is 76.5 cm³/mol. The van der Waals surface area contributed by atoms with Gasteiger partial charge in [-0.1, -0.05) is 23.7 Å². The van der Waals surface area contributed by atoms with Crippen molar-refractivity contribution in [2.45, 2.75) is 6.54 Å². The number of carbonyl (C=O) groups is 1. The Morgan fingerprint density at radius 3 is 2.85 bits per heavy atom. The molecule has 2 N–H and O–H groups in total. The second-order valence-electron chi connectivity index (χ2n) is 4.24. The standard InChI is InChI=1S/C14H11ClN4O/c15-9-5-6-12(16-7-9)14(20)17-8-13-18-10-3-1-2-4-11(10)19-13/h1-7H,8H2,(H,17,20)(H,18,19). The summed E-state index contributed by atoms with van der Waals surface area (Å²) in [6, 6.07) is 10.9. The van der Waals surface area contributed by atoms with Crippen molar-refractivity contribution >= 4 is 28.5 Å². The summed E-state index contributed by atoms with van der Waals surface area (Å²) >= 11 is 5.73. The van der Waals surface area contributed by atoms with Gasteiger partial charge in [0.15, 0.2) is 0 Å². The number of imidazole rings is 1. The first-order valence-corrected chi connectivity index (χ1v) is 6.43. The van der Waals surface area contributed by atoms with Crippen LogP contribution in [0.15, 0.2) is 42.6 Å². The van der Waals surface area contributed by atoms with E-state index in [0.29, 0.717) is 23.1 Å². The molecule has 0 atom stereocenters. The Bertz CT molecular complexity index is 718. The number of nitrogens with one attached hydrogen (secondary N) is 2. The second kappa shape index (κ2) is 5.30. The number of amides is 1. The second-order valence-corrected chi connectivity index (χ2v) is 4.68. The molecule has 2 aromatic heterocycles. The van der Waals surface area contributed by atoms with E-state index in [0.717, 1.165) is 11.0 Å². The highest BCUT2D eigenvalue weighted by molar-refractivity contribution is 6.30. The van der Waals surface area contributed by atoms with Crippen molar-refractivity contribution in [1.82, 2.24) is 20.3 Å². The number of benzene rings is 1. The van der Waals surface area contributed by atoms with Crippen LogP contribution in [-0.4, -0.2) is 20.9 Å². The number of H-pyrrole nitrogens is 1. The number of halogens is 1. The van der Waals surface area contributed by atoms with Gasteiger partial charge in [-0.05, 0) is 24.3 Å². The fourth-order valence-corrected chi connectivity index (χ4v) is 1.97. The molecule has 0 saturated carbocycles. The van der Waals surface area contributed by atoms with E-state index in [1.54, 1.807) is 12.1 Å². The number of aromatic amines is 1. The quantitative estimate of drug-likeness (QED) is 0.777. The maximum atomic E-state index is 11.9. The average Bonchev–Trinajstić information content (AvgIpc) is 2.88. The fourth-order valence-electron chi connectivity index (χ4n) is 1.85. The summed E-state index contributed by atoms with van der Waals surface area (Å²) in [7, 11) is 0. The minimum Gasteiger partial charge on any atom is -0.343 e. The van der Waals surface area contributed by atoms with Gasteiger partial charge in [-0.2, -0.15) is 0 Å². The minimum absolute atomic E-state index is 0.262. The number of aromatic nitrogens is 3. The molecule has 3 rings (SSSR count). The summed E-state index contributed by atoms with van der Waals surface area (Å²) in [5, 5.41) is 3.26. The van der Waals surface area contributed by atoms with Gasteiger partial charge in [0.05, 0.1) is 22.6 Å². The van der Waals surface area contributed by atoms with Gasteiger partial charge < -0.3 is 10.3 Å². The van der Waals surface area contributed by atoms with Gasteiger partial charge in [0.1, 0.15) is 11.5 Å². The number of carbonyl (C=O) groups excluding carboxylic acids is 1. The molecule has 1 aromatic carbocycles. The van der Waals surface area contributed by atoms with Crippen molar-refractivity contribution in [3.8, 4) is 0 Å². The smallest absolute Gasteiger partial charge is 0.270 e. The molecule has 0 saturated heterocycles. The summed E-state index contributed by atoms with van der Waals surface area (Å²) in [6.07, 6.45) is 1.44. The van der Waals surface area contributed by atoms with E-state index in [1.165, 1.54) is 6.20 Å². The van der Waals surface area contributed by atoms with E-state index in [2.05, 4.69) is 20.3 Å². The first-order valence-electron chi connectivity index (χ1n) is 6.06. The van der Waals surface area contributed by atoms with E-state index in [9.17, 15) is 4.79 Å². The number of nitrogens with zero attached hydrogens (tertiary/aromatic N) is 2. The van der Waals surface area contributed by atoms with E-state index < -0.39 is 0 Å². The van der Waals surface area contributed by atoms with Crippen LogP contribution in [0, 0.1) is 0 Å². The molecule has 0 spiro atoms. The molecule has 100 valence electrons. The molecule has 0 aliphatic carbocycles. The predicted octanol–water partition coefficient (Wildman–Crippen LogP) is 2.54. The molecule has 0 bridgehead atoms. The van der Waals surface area contributed by atoms with Crippen LogP contribution in [0.2, 0.25) is 5.02 Å². The summed E-state index contributed by atoms with van der Waals surface area (Å²) in [6.45, 7) is 0.317. The highest BCUT2D eigenvalue weighted by Gasteiger charge is 2.08. The number of hydrogen-bond donors (Lipinski definition) is 2. The third-order valence-corrected chi connectivity index (χ3v) is 3.04. The monoisotopic (exact) mass is 286 g/mol. The van der Waals surface area contributed by atoms with Gasteiger partial charge in [-0.3, -0.25) is 4.79 Å². The summed E-state index contributed by atoms with van der Waals surface area (Å²) < 4.78 is 0. The van der Waals surface area contributed by atoms with Crippen LogP contribution in [0.25, 0.3) is 11.0 Å². The number of fused-ring (bicyclic) bond motifs is 1. The van der Waals surface area contributed by atoms with Crippen LogP contribution in [0.3, 0.4) is 0 Å². The highest BCUT2D eigenvalue weighted by atomic mass is 35.5. The minimum atomic E-state index is -0.262. The molecule has 2 heterocycles. The van der Waals surface area contributed by atoms with E-state index in [4.69, 9.17) is 11.6 Å². The number of hydrogen-bond acceptors (Lipinski definition) is 3. The zero-order valence-corrected chi connectivity index (χ0v) is 11.2. The normalized spacial score (nSPS) is 10.7. The SMILES string of the molecule is O=C(NCc1nc2ccccc2[nH]1)c1ccc(Cl)cn1. The molecule has 3 aromatic rings. The lowest BCUT2D eigenvalue weighted by Crippen LogP contribution is -2.24. The molecule has 0 fully saturated rings. The van der Waals surface area contributed by atoms with Crippen molar-refractivity contribution in [1.29, 1.82) is 0 Å². The molecular formula is C14H11ClN4O. The molecule has 20 heavy (non-hydrogen) atoms.